The van der Waals surface area contributed by atoms with Crippen molar-refractivity contribution in [3.05, 3.63) is 29.3 Å². The van der Waals surface area contributed by atoms with Crippen LogP contribution < -0.4 is 0 Å². The fraction of sp³-hybridized carbons (Fsp3) is 0.600. The van der Waals surface area contributed by atoms with E-state index >= 15 is 0 Å². The number of benzene rings is 1. The summed E-state index contributed by atoms with van der Waals surface area (Å²) in [4.78, 5) is 0.367. The Bertz CT molecular complexity index is 580. The Morgan fingerprint density at radius 3 is 2.50 bits per heavy atom. The molecule has 0 aliphatic heterocycles. The van der Waals surface area contributed by atoms with E-state index in [9.17, 15) is 8.42 Å². The maximum Gasteiger partial charge on any atom is 0.243 e. The van der Waals surface area contributed by atoms with E-state index in [0.29, 0.717) is 23.2 Å². The Kier molecular flexibility index (Phi) is 4.77. The van der Waals surface area contributed by atoms with E-state index in [1.807, 2.05) is 26.8 Å². The van der Waals surface area contributed by atoms with Crippen molar-refractivity contribution in [3.63, 3.8) is 0 Å². The average molecular weight is 316 g/mol. The molecule has 5 heteroatoms. The summed E-state index contributed by atoms with van der Waals surface area (Å²) in [6, 6.07) is 5.43. The maximum atomic E-state index is 12.8. The number of hydrogen-bond acceptors (Lipinski definition) is 2. The molecule has 3 nitrogen and oxygen atoms in total. The van der Waals surface area contributed by atoms with E-state index in [1.54, 1.807) is 16.4 Å². The van der Waals surface area contributed by atoms with Gasteiger partial charge in [-0.3, -0.25) is 0 Å². The van der Waals surface area contributed by atoms with Crippen molar-refractivity contribution in [3.8, 4) is 0 Å². The molecule has 1 aliphatic carbocycles. The number of sulfonamides is 1. The molecule has 1 saturated carbocycles. The Balaban J connectivity index is 2.37. The summed E-state index contributed by atoms with van der Waals surface area (Å²) in [6.45, 7) is 6.62. The summed E-state index contributed by atoms with van der Waals surface area (Å²) in [5.41, 5.74) is 1.91. The van der Waals surface area contributed by atoms with Crippen molar-refractivity contribution in [1.29, 1.82) is 0 Å². The summed E-state index contributed by atoms with van der Waals surface area (Å²) in [6.07, 6.45) is 1.94. The third-order valence-electron chi connectivity index (χ3n) is 3.57. The molecule has 0 unspecified atom stereocenters. The zero-order chi connectivity index (χ0) is 14.9. The van der Waals surface area contributed by atoms with Gasteiger partial charge in [-0.2, -0.15) is 4.31 Å². The number of hydrogen-bond donors (Lipinski definition) is 0. The second-order valence-corrected chi connectivity index (χ2v) is 8.08. The summed E-state index contributed by atoms with van der Waals surface area (Å²) in [5, 5.41) is 0. The Labute approximate surface area is 127 Å². The average Bonchev–Trinajstić information content (AvgIpc) is 3.20. The van der Waals surface area contributed by atoms with Crippen LogP contribution in [0.3, 0.4) is 0 Å². The molecular weight excluding hydrogens is 294 g/mol. The molecule has 0 saturated heterocycles. The summed E-state index contributed by atoms with van der Waals surface area (Å²) in [5.74, 6) is 0.659. The summed E-state index contributed by atoms with van der Waals surface area (Å²) < 4.78 is 27.3. The molecule has 0 bridgehead atoms. The van der Waals surface area contributed by atoms with Crippen molar-refractivity contribution in [1.82, 2.24) is 4.31 Å². The van der Waals surface area contributed by atoms with Gasteiger partial charge in [0, 0.05) is 18.5 Å². The lowest BCUT2D eigenvalue weighted by Crippen LogP contribution is -2.36. The third kappa shape index (κ3) is 3.35. The van der Waals surface area contributed by atoms with E-state index < -0.39 is 10.0 Å². The molecule has 0 spiro atoms. The van der Waals surface area contributed by atoms with Gasteiger partial charge >= 0.3 is 0 Å². The van der Waals surface area contributed by atoms with E-state index in [4.69, 9.17) is 11.6 Å². The lowest BCUT2D eigenvalue weighted by atomic mass is 10.1. The molecule has 0 amide bonds. The standard InChI is InChI=1S/C15H22ClNO2S/c1-11(2)10-17(14-5-6-14)20(18,19)15-7-4-12(3)13(8-15)9-16/h4,7-8,11,14H,5-6,9-10H2,1-3H3. The number of aryl methyl sites for hydroxylation is 1. The minimum atomic E-state index is -3.41. The number of halogens is 1. The molecule has 0 aromatic heterocycles. The molecule has 0 heterocycles. The second-order valence-electron chi connectivity index (χ2n) is 5.92. The van der Waals surface area contributed by atoms with E-state index in [1.165, 1.54) is 0 Å². The molecule has 20 heavy (non-hydrogen) atoms. The zero-order valence-electron chi connectivity index (χ0n) is 12.3. The largest absolute Gasteiger partial charge is 0.243 e. The van der Waals surface area contributed by atoms with Gasteiger partial charge in [0.25, 0.3) is 0 Å². The molecule has 112 valence electrons. The highest BCUT2D eigenvalue weighted by Gasteiger charge is 2.38. The lowest BCUT2D eigenvalue weighted by Gasteiger charge is -2.24. The van der Waals surface area contributed by atoms with Gasteiger partial charge in [-0.25, -0.2) is 8.42 Å². The highest BCUT2D eigenvalue weighted by molar-refractivity contribution is 7.89. The topological polar surface area (TPSA) is 37.4 Å². The van der Waals surface area contributed by atoms with Gasteiger partial charge in [0.05, 0.1) is 4.90 Å². The van der Waals surface area contributed by atoms with Gasteiger partial charge in [0.15, 0.2) is 0 Å². The van der Waals surface area contributed by atoms with Crippen LogP contribution in [0.5, 0.6) is 0 Å². The normalized spacial score (nSPS) is 16.1. The first-order valence-electron chi connectivity index (χ1n) is 7.03. The highest BCUT2D eigenvalue weighted by Crippen LogP contribution is 2.33. The zero-order valence-corrected chi connectivity index (χ0v) is 13.8. The third-order valence-corrected chi connectivity index (χ3v) is 5.77. The fourth-order valence-corrected chi connectivity index (χ4v) is 4.44. The predicted molar refractivity (Wildman–Crippen MR) is 82.5 cm³/mol. The van der Waals surface area contributed by atoms with Crippen molar-refractivity contribution in [2.24, 2.45) is 5.92 Å². The van der Waals surface area contributed by atoms with Crippen molar-refractivity contribution >= 4 is 21.6 Å². The van der Waals surface area contributed by atoms with Gasteiger partial charge in [-0.1, -0.05) is 19.9 Å². The van der Waals surface area contributed by atoms with E-state index in [2.05, 4.69) is 0 Å². The van der Waals surface area contributed by atoms with Crippen LogP contribution in [0, 0.1) is 12.8 Å². The Morgan fingerprint density at radius 2 is 2.00 bits per heavy atom. The molecule has 1 fully saturated rings. The minimum Gasteiger partial charge on any atom is -0.207 e. The van der Waals surface area contributed by atoms with Gasteiger partial charge in [-0.15, -0.1) is 11.6 Å². The molecule has 1 aromatic rings. The van der Waals surface area contributed by atoms with Crippen LogP contribution >= 0.6 is 11.6 Å². The van der Waals surface area contributed by atoms with Crippen molar-refractivity contribution in [2.75, 3.05) is 6.54 Å². The molecule has 0 radical (unpaired) electrons. The summed E-state index contributed by atoms with van der Waals surface area (Å²) >= 11 is 5.88. The molecule has 1 aromatic carbocycles. The van der Waals surface area contributed by atoms with Gasteiger partial charge < -0.3 is 0 Å². The minimum absolute atomic E-state index is 0.183. The first-order valence-corrected chi connectivity index (χ1v) is 9.01. The highest BCUT2D eigenvalue weighted by atomic mass is 35.5. The predicted octanol–water partition coefficient (Wildman–Crippen LogP) is 3.54. The van der Waals surface area contributed by atoms with Crippen LogP contribution in [-0.4, -0.2) is 25.3 Å². The molecular formula is C15H22ClNO2S. The quantitative estimate of drug-likeness (QED) is 0.753. The molecule has 0 N–H and O–H groups in total. The van der Waals surface area contributed by atoms with Crippen LogP contribution in [0.1, 0.15) is 37.8 Å². The fourth-order valence-electron chi connectivity index (χ4n) is 2.25. The first kappa shape index (κ1) is 15.8. The SMILES string of the molecule is Cc1ccc(S(=O)(=O)N(CC(C)C)C2CC2)cc1CCl. The van der Waals surface area contributed by atoms with Crippen molar-refractivity contribution < 1.29 is 8.42 Å². The number of alkyl halides is 1. The monoisotopic (exact) mass is 315 g/mol. The first-order chi connectivity index (χ1) is 9.36. The van der Waals surface area contributed by atoms with Crippen LogP contribution in [0.25, 0.3) is 0 Å². The number of rotatable bonds is 6. The summed E-state index contributed by atoms with van der Waals surface area (Å²) in [7, 11) is -3.41. The molecule has 1 aliphatic rings. The Morgan fingerprint density at radius 1 is 1.35 bits per heavy atom. The van der Waals surface area contributed by atoms with E-state index in [-0.39, 0.29) is 6.04 Å². The van der Waals surface area contributed by atoms with Gasteiger partial charge in [0.1, 0.15) is 0 Å². The van der Waals surface area contributed by atoms with E-state index in [0.717, 1.165) is 24.0 Å². The number of nitrogens with zero attached hydrogens (tertiary/aromatic N) is 1. The Hall–Kier alpha value is -0.580. The van der Waals surface area contributed by atoms with Crippen LogP contribution in [0.4, 0.5) is 0 Å². The second kappa shape index (κ2) is 6.04. The molecule has 0 atom stereocenters. The van der Waals surface area contributed by atoms with Gasteiger partial charge in [0.2, 0.25) is 10.0 Å². The van der Waals surface area contributed by atoms with Crippen LogP contribution in [0.2, 0.25) is 0 Å². The van der Waals surface area contributed by atoms with Crippen molar-refractivity contribution in [2.45, 2.75) is 50.4 Å². The van der Waals surface area contributed by atoms with Gasteiger partial charge in [-0.05, 0) is 48.9 Å². The van der Waals surface area contributed by atoms with Crippen LogP contribution in [0.15, 0.2) is 23.1 Å². The lowest BCUT2D eigenvalue weighted by molar-refractivity contribution is 0.360. The maximum absolute atomic E-state index is 12.8. The smallest absolute Gasteiger partial charge is 0.207 e. The van der Waals surface area contributed by atoms with Crippen LogP contribution in [-0.2, 0) is 15.9 Å². The molecule has 2 rings (SSSR count).